The molecule has 1 aromatic rings. The summed E-state index contributed by atoms with van der Waals surface area (Å²) in [6, 6.07) is 2.05. The number of aromatic amines is 1. The summed E-state index contributed by atoms with van der Waals surface area (Å²) < 4.78 is 4.78. The van der Waals surface area contributed by atoms with E-state index < -0.39 is 29.9 Å². The number of pyridine rings is 1. The number of amides is 1. The minimum absolute atomic E-state index is 0.0647. The molecular weight excluding hydrogens is 256 g/mol. The Bertz CT molecular complexity index is 524. The fourth-order valence-corrected chi connectivity index (χ4v) is 1.45. The number of carboxylic acids is 1. The van der Waals surface area contributed by atoms with Gasteiger partial charge in [0.25, 0.3) is 11.5 Å². The molecule has 0 atom stereocenters. The number of aromatic hydroxyl groups is 1. The second-order valence-electron chi connectivity index (χ2n) is 3.73. The number of aliphatic carboxylic acids is 1. The molecule has 0 aromatic carbocycles. The minimum Gasteiger partial charge on any atom is -0.494 e. The van der Waals surface area contributed by atoms with E-state index in [9.17, 15) is 19.5 Å². The largest absolute Gasteiger partial charge is 0.494 e. The third kappa shape index (κ3) is 4.43. The van der Waals surface area contributed by atoms with Crippen LogP contribution < -0.4 is 5.56 Å². The number of aromatic nitrogens is 1. The van der Waals surface area contributed by atoms with E-state index in [0.717, 1.165) is 17.0 Å². The minimum atomic E-state index is -1.18. The maximum atomic E-state index is 12.0. The van der Waals surface area contributed by atoms with Crippen LogP contribution >= 0.6 is 0 Å². The Hall–Kier alpha value is -2.35. The Labute approximate surface area is 108 Å². The van der Waals surface area contributed by atoms with Gasteiger partial charge in [-0.1, -0.05) is 0 Å². The van der Waals surface area contributed by atoms with Gasteiger partial charge >= 0.3 is 5.97 Å². The molecule has 8 heteroatoms. The van der Waals surface area contributed by atoms with Gasteiger partial charge in [0.15, 0.2) is 5.88 Å². The number of nitrogens with zero attached hydrogens (tertiary/aromatic N) is 1. The molecule has 1 heterocycles. The quantitative estimate of drug-likeness (QED) is 0.625. The first-order chi connectivity index (χ1) is 8.93. The van der Waals surface area contributed by atoms with Crippen molar-refractivity contribution in [3.05, 3.63) is 28.0 Å². The number of rotatable bonds is 6. The maximum absolute atomic E-state index is 12.0. The van der Waals surface area contributed by atoms with Crippen molar-refractivity contribution in [2.75, 3.05) is 26.8 Å². The van der Waals surface area contributed by atoms with Crippen LogP contribution in [0.4, 0.5) is 0 Å². The lowest BCUT2D eigenvalue weighted by Gasteiger charge is -2.20. The fraction of sp³-hybridized carbons (Fsp3) is 0.364. The van der Waals surface area contributed by atoms with Crippen LogP contribution in [-0.2, 0) is 9.53 Å². The van der Waals surface area contributed by atoms with E-state index in [1.54, 1.807) is 0 Å². The summed E-state index contributed by atoms with van der Waals surface area (Å²) in [6.45, 7) is -0.293. The van der Waals surface area contributed by atoms with Crippen LogP contribution in [0.15, 0.2) is 16.9 Å². The first-order valence-corrected chi connectivity index (χ1v) is 5.37. The summed E-state index contributed by atoms with van der Waals surface area (Å²) in [6.07, 6.45) is 0. The Morgan fingerprint density at radius 1 is 1.42 bits per heavy atom. The lowest BCUT2D eigenvalue weighted by atomic mass is 10.2. The van der Waals surface area contributed by atoms with Gasteiger partial charge in [-0.25, -0.2) is 0 Å². The second-order valence-corrected chi connectivity index (χ2v) is 3.73. The fourth-order valence-electron chi connectivity index (χ4n) is 1.45. The molecule has 0 aliphatic rings. The Morgan fingerprint density at radius 3 is 2.63 bits per heavy atom. The van der Waals surface area contributed by atoms with E-state index in [1.165, 1.54) is 7.11 Å². The maximum Gasteiger partial charge on any atom is 0.323 e. The number of carbonyl (C=O) groups is 2. The molecule has 19 heavy (non-hydrogen) atoms. The first-order valence-electron chi connectivity index (χ1n) is 5.37. The van der Waals surface area contributed by atoms with Crippen molar-refractivity contribution in [3.63, 3.8) is 0 Å². The summed E-state index contributed by atoms with van der Waals surface area (Å²) in [5.74, 6) is -2.31. The van der Waals surface area contributed by atoms with Gasteiger partial charge in [0.05, 0.1) is 12.2 Å². The van der Waals surface area contributed by atoms with Gasteiger partial charge in [-0.15, -0.1) is 0 Å². The highest BCUT2D eigenvalue weighted by molar-refractivity contribution is 5.96. The average Bonchev–Trinajstić information content (AvgIpc) is 2.32. The third-order valence-electron chi connectivity index (χ3n) is 2.26. The van der Waals surface area contributed by atoms with Crippen LogP contribution in [-0.4, -0.2) is 58.8 Å². The Balaban J connectivity index is 2.96. The third-order valence-corrected chi connectivity index (χ3v) is 2.26. The zero-order chi connectivity index (χ0) is 14.4. The Morgan fingerprint density at radius 2 is 2.11 bits per heavy atom. The van der Waals surface area contributed by atoms with Crippen molar-refractivity contribution in [1.82, 2.24) is 9.88 Å². The van der Waals surface area contributed by atoms with Crippen LogP contribution in [0.3, 0.4) is 0 Å². The van der Waals surface area contributed by atoms with Crippen LogP contribution in [0.2, 0.25) is 0 Å². The monoisotopic (exact) mass is 270 g/mol. The highest BCUT2D eigenvalue weighted by Crippen LogP contribution is 2.08. The molecule has 0 radical (unpaired) electrons. The van der Waals surface area contributed by atoms with Crippen molar-refractivity contribution < 1.29 is 24.5 Å². The Kier molecular flexibility index (Phi) is 5.07. The number of hydrogen-bond acceptors (Lipinski definition) is 5. The summed E-state index contributed by atoms with van der Waals surface area (Å²) in [5.41, 5.74) is -0.732. The number of ether oxygens (including phenoxy) is 1. The van der Waals surface area contributed by atoms with Gasteiger partial charge in [-0.2, -0.15) is 0 Å². The molecule has 1 amide bonds. The van der Waals surface area contributed by atoms with E-state index in [2.05, 4.69) is 4.98 Å². The lowest BCUT2D eigenvalue weighted by molar-refractivity contribution is -0.137. The number of methoxy groups -OCH3 is 1. The number of hydrogen-bond donors (Lipinski definition) is 3. The van der Waals surface area contributed by atoms with Gasteiger partial charge in [0.2, 0.25) is 0 Å². The zero-order valence-electron chi connectivity index (χ0n) is 10.3. The van der Waals surface area contributed by atoms with Gasteiger partial charge < -0.3 is 19.8 Å². The molecule has 0 aliphatic heterocycles. The predicted molar refractivity (Wildman–Crippen MR) is 64.1 cm³/mol. The van der Waals surface area contributed by atoms with E-state index in [-0.39, 0.29) is 18.7 Å². The molecule has 0 saturated carbocycles. The standard InChI is InChI=1S/C11H14N2O6/c1-19-3-2-13(6-10(16)17)11(18)7-4-8(14)12-9(15)5-7/h4-5H,2-3,6H2,1H3,(H,16,17)(H2,12,14,15). The topological polar surface area (TPSA) is 120 Å². The molecular formula is C11H14N2O6. The molecule has 1 aromatic heterocycles. The molecule has 104 valence electrons. The van der Waals surface area contributed by atoms with E-state index in [0.29, 0.717) is 0 Å². The summed E-state index contributed by atoms with van der Waals surface area (Å²) in [4.78, 5) is 37.0. The van der Waals surface area contributed by atoms with Gasteiger partial charge in [-0.3, -0.25) is 19.4 Å². The van der Waals surface area contributed by atoms with Crippen LogP contribution in [0.5, 0.6) is 5.88 Å². The van der Waals surface area contributed by atoms with Crippen molar-refractivity contribution in [1.29, 1.82) is 0 Å². The number of H-pyrrole nitrogens is 1. The van der Waals surface area contributed by atoms with Crippen LogP contribution in [0, 0.1) is 0 Å². The normalized spacial score (nSPS) is 10.2. The molecule has 1 rings (SSSR count). The molecule has 0 fully saturated rings. The second kappa shape index (κ2) is 6.55. The first kappa shape index (κ1) is 14.7. The van der Waals surface area contributed by atoms with E-state index >= 15 is 0 Å². The number of carboxylic acid groups (broad SMARTS) is 1. The summed E-state index contributed by atoms with van der Waals surface area (Å²) in [7, 11) is 1.42. The lowest BCUT2D eigenvalue weighted by Crippen LogP contribution is -2.38. The van der Waals surface area contributed by atoms with E-state index in [1.807, 2.05) is 0 Å². The van der Waals surface area contributed by atoms with Crippen molar-refractivity contribution in [3.8, 4) is 5.88 Å². The molecule has 8 nitrogen and oxygen atoms in total. The highest BCUT2D eigenvalue weighted by Gasteiger charge is 2.19. The van der Waals surface area contributed by atoms with Crippen molar-refractivity contribution in [2.24, 2.45) is 0 Å². The zero-order valence-corrected chi connectivity index (χ0v) is 10.3. The molecule has 0 spiro atoms. The summed E-state index contributed by atoms with van der Waals surface area (Å²) in [5, 5.41) is 18.0. The highest BCUT2D eigenvalue weighted by atomic mass is 16.5. The van der Waals surface area contributed by atoms with Gasteiger partial charge in [0, 0.05) is 25.8 Å². The van der Waals surface area contributed by atoms with Crippen molar-refractivity contribution >= 4 is 11.9 Å². The average molecular weight is 270 g/mol. The predicted octanol–water partition coefficient (Wildman–Crippen LogP) is -0.746. The van der Waals surface area contributed by atoms with Crippen LogP contribution in [0.1, 0.15) is 10.4 Å². The van der Waals surface area contributed by atoms with Crippen molar-refractivity contribution in [2.45, 2.75) is 0 Å². The summed E-state index contributed by atoms with van der Waals surface area (Å²) >= 11 is 0. The number of carbonyl (C=O) groups excluding carboxylic acids is 1. The van der Waals surface area contributed by atoms with Crippen LogP contribution in [0.25, 0.3) is 0 Å². The molecule has 0 unspecified atom stereocenters. The van der Waals surface area contributed by atoms with E-state index in [4.69, 9.17) is 9.84 Å². The molecule has 0 bridgehead atoms. The number of nitrogens with one attached hydrogen (secondary N) is 1. The molecule has 0 aliphatic carbocycles. The van der Waals surface area contributed by atoms with Gasteiger partial charge in [-0.05, 0) is 0 Å². The SMILES string of the molecule is COCCN(CC(=O)O)C(=O)c1cc(O)[nH]c(=O)c1. The molecule has 0 saturated heterocycles. The molecule has 3 N–H and O–H groups in total. The smallest absolute Gasteiger partial charge is 0.323 e. The van der Waals surface area contributed by atoms with Gasteiger partial charge in [0.1, 0.15) is 6.54 Å².